The van der Waals surface area contributed by atoms with E-state index in [1.165, 1.54) is 11.1 Å². The van der Waals surface area contributed by atoms with Crippen molar-refractivity contribution in [3.63, 3.8) is 0 Å². The van der Waals surface area contributed by atoms with Gasteiger partial charge in [-0.05, 0) is 61.7 Å². The number of aryl methyl sites for hydroxylation is 2. The van der Waals surface area contributed by atoms with Crippen LogP contribution in [-0.2, 0) is 11.3 Å². The molecule has 0 aliphatic heterocycles. The zero-order chi connectivity index (χ0) is 18.0. The molecular weight excluding hydrogens is 336 g/mol. The van der Waals surface area contributed by atoms with E-state index in [0.29, 0.717) is 11.6 Å². The Morgan fingerprint density at radius 2 is 1.84 bits per heavy atom. The molecule has 0 aliphatic carbocycles. The fourth-order valence-electron chi connectivity index (χ4n) is 2.82. The minimum atomic E-state index is -0.603. The maximum Gasteiger partial charge on any atom is 0.0959 e. The number of aliphatic hydroxyl groups is 1. The number of fused-ring (bicyclic) bond motifs is 1. The summed E-state index contributed by atoms with van der Waals surface area (Å²) in [6.45, 7) is 6.84. The second kappa shape index (κ2) is 7.56. The lowest BCUT2D eigenvalue weighted by atomic mass is 10.1. The van der Waals surface area contributed by atoms with Gasteiger partial charge in [-0.2, -0.15) is 0 Å². The van der Waals surface area contributed by atoms with Gasteiger partial charge in [0.25, 0.3) is 0 Å². The molecule has 2 atom stereocenters. The zero-order valence-electron chi connectivity index (χ0n) is 14.7. The molecule has 3 aromatic rings. The SMILES string of the molecule is Cc1cc2ncn(CC(O)COC(C)c3ccc(Cl)cc3)c2cc1C. The van der Waals surface area contributed by atoms with Gasteiger partial charge in [0.15, 0.2) is 0 Å². The lowest BCUT2D eigenvalue weighted by Gasteiger charge is -2.17. The van der Waals surface area contributed by atoms with Crippen LogP contribution in [0.15, 0.2) is 42.7 Å². The van der Waals surface area contributed by atoms with Crippen LogP contribution >= 0.6 is 11.6 Å². The standard InChI is InChI=1S/C20H23ClN2O2/c1-13-8-19-20(9-14(13)2)23(12-22-19)10-18(24)11-25-15(3)16-4-6-17(21)7-5-16/h4-9,12,15,18,24H,10-11H2,1-3H3. The summed E-state index contributed by atoms with van der Waals surface area (Å²) in [6, 6.07) is 11.8. The third kappa shape index (κ3) is 4.21. The van der Waals surface area contributed by atoms with Gasteiger partial charge >= 0.3 is 0 Å². The quantitative estimate of drug-likeness (QED) is 0.708. The molecule has 4 nitrogen and oxygen atoms in total. The first-order chi connectivity index (χ1) is 11.9. The largest absolute Gasteiger partial charge is 0.389 e. The van der Waals surface area contributed by atoms with Gasteiger partial charge in [-0.25, -0.2) is 4.98 Å². The van der Waals surface area contributed by atoms with Gasteiger partial charge in [0.1, 0.15) is 0 Å². The highest BCUT2D eigenvalue weighted by Gasteiger charge is 2.13. The summed E-state index contributed by atoms with van der Waals surface area (Å²) in [7, 11) is 0. The van der Waals surface area contributed by atoms with Crippen LogP contribution < -0.4 is 0 Å². The number of ether oxygens (including phenoxy) is 1. The topological polar surface area (TPSA) is 47.3 Å². The molecule has 0 amide bonds. The molecule has 0 aliphatic rings. The molecule has 5 heteroatoms. The molecule has 1 heterocycles. The predicted molar refractivity (Wildman–Crippen MR) is 101 cm³/mol. The van der Waals surface area contributed by atoms with Gasteiger partial charge < -0.3 is 14.4 Å². The van der Waals surface area contributed by atoms with Crippen molar-refractivity contribution in [1.82, 2.24) is 9.55 Å². The van der Waals surface area contributed by atoms with Crippen molar-refractivity contribution in [2.45, 2.75) is 39.5 Å². The van der Waals surface area contributed by atoms with Crippen molar-refractivity contribution in [2.75, 3.05) is 6.61 Å². The molecule has 2 aromatic carbocycles. The second-order valence-electron chi connectivity index (χ2n) is 6.50. The van der Waals surface area contributed by atoms with Gasteiger partial charge in [-0.15, -0.1) is 0 Å². The van der Waals surface area contributed by atoms with E-state index in [9.17, 15) is 5.11 Å². The Labute approximate surface area is 153 Å². The summed E-state index contributed by atoms with van der Waals surface area (Å²) in [5, 5.41) is 11.1. The van der Waals surface area contributed by atoms with Crippen molar-refractivity contribution in [3.05, 3.63) is 64.4 Å². The van der Waals surface area contributed by atoms with E-state index >= 15 is 0 Å². The van der Waals surface area contributed by atoms with Crippen molar-refractivity contribution < 1.29 is 9.84 Å². The minimum Gasteiger partial charge on any atom is -0.389 e. The lowest BCUT2D eigenvalue weighted by Crippen LogP contribution is -2.22. The van der Waals surface area contributed by atoms with Crippen LogP contribution in [0, 0.1) is 13.8 Å². The van der Waals surface area contributed by atoms with Crippen molar-refractivity contribution in [3.8, 4) is 0 Å². The summed E-state index contributed by atoms with van der Waals surface area (Å²) >= 11 is 5.90. The lowest BCUT2D eigenvalue weighted by molar-refractivity contribution is -0.00834. The Morgan fingerprint density at radius 3 is 2.56 bits per heavy atom. The third-order valence-electron chi connectivity index (χ3n) is 4.52. The number of halogens is 1. The van der Waals surface area contributed by atoms with Crippen LogP contribution in [0.2, 0.25) is 5.02 Å². The molecule has 0 saturated heterocycles. The maximum absolute atomic E-state index is 10.3. The van der Waals surface area contributed by atoms with Crippen molar-refractivity contribution in [1.29, 1.82) is 0 Å². The normalized spacial score (nSPS) is 14.0. The molecule has 2 unspecified atom stereocenters. The molecular formula is C20H23ClN2O2. The summed E-state index contributed by atoms with van der Waals surface area (Å²) in [5.74, 6) is 0. The number of hydrogen-bond acceptors (Lipinski definition) is 3. The number of rotatable bonds is 6. The highest BCUT2D eigenvalue weighted by Crippen LogP contribution is 2.21. The number of aromatic nitrogens is 2. The Hall–Kier alpha value is -1.88. The Balaban J connectivity index is 1.62. The first kappa shape index (κ1) is 17.9. The monoisotopic (exact) mass is 358 g/mol. The highest BCUT2D eigenvalue weighted by molar-refractivity contribution is 6.30. The Morgan fingerprint density at radius 1 is 1.16 bits per heavy atom. The number of aliphatic hydroxyl groups excluding tert-OH is 1. The van der Waals surface area contributed by atoms with E-state index in [-0.39, 0.29) is 12.7 Å². The van der Waals surface area contributed by atoms with Crippen molar-refractivity contribution in [2.24, 2.45) is 0 Å². The number of hydrogen-bond donors (Lipinski definition) is 1. The fourth-order valence-corrected chi connectivity index (χ4v) is 2.95. The smallest absolute Gasteiger partial charge is 0.0959 e. The van der Waals surface area contributed by atoms with Crippen LogP contribution in [0.1, 0.15) is 29.7 Å². The molecule has 0 saturated carbocycles. The molecule has 0 radical (unpaired) electrons. The summed E-state index contributed by atoms with van der Waals surface area (Å²) in [4.78, 5) is 4.42. The maximum atomic E-state index is 10.3. The van der Waals surface area contributed by atoms with E-state index in [1.807, 2.05) is 35.8 Å². The predicted octanol–water partition coefficient (Wildman–Crippen LogP) is 4.45. The number of imidazole rings is 1. The molecule has 1 aromatic heterocycles. The van der Waals surface area contributed by atoms with E-state index in [2.05, 4.69) is 31.0 Å². The first-order valence-electron chi connectivity index (χ1n) is 8.41. The van der Waals surface area contributed by atoms with Gasteiger partial charge in [0, 0.05) is 5.02 Å². The minimum absolute atomic E-state index is 0.101. The molecule has 3 rings (SSSR count). The van der Waals surface area contributed by atoms with Gasteiger partial charge in [-0.3, -0.25) is 0 Å². The molecule has 1 N–H and O–H groups in total. The van der Waals surface area contributed by atoms with Crippen LogP contribution in [0.5, 0.6) is 0 Å². The van der Waals surface area contributed by atoms with Crippen LogP contribution in [0.25, 0.3) is 11.0 Å². The van der Waals surface area contributed by atoms with Crippen LogP contribution in [0.4, 0.5) is 0 Å². The summed E-state index contributed by atoms with van der Waals surface area (Å²) in [5.41, 5.74) is 5.46. The van der Waals surface area contributed by atoms with Gasteiger partial charge in [0.2, 0.25) is 0 Å². The zero-order valence-corrected chi connectivity index (χ0v) is 15.5. The highest BCUT2D eigenvalue weighted by atomic mass is 35.5. The average molecular weight is 359 g/mol. The third-order valence-corrected chi connectivity index (χ3v) is 4.77. The Bertz CT molecular complexity index is 858. The summed E-state index contributed by atoms with van der Waals surface area (Å²) < 4.78 is 7.78. The molecule has 0 fully saturated rings. The van der Waals surface area contributed by atoms with E-state index in [1.54, 1.807) is 6.33 Å². The molecule has 25 heavy (non-hydrogen) atoms. The first-order valence-corrected chi connectivity index (χ1v) is 8.79. The number of nitrogens with zero attached hydrogens (tertiary/aromatic N) is 2. The van der Waals surface area contributed by atoms with E-state index < -0.39 is 6.10 Å². The van der Waals surface area contributed by atoms with Crippen LogP contribution in [-0.4, -0.2) is 27.4 Å². The van der Waals surface area contributed by atoms with Crippen LogP contribution in [0.3, 0.4) is 0 Å². The Kier molecular flexibility index (Phi) is 5.42. The molecule has 132 valence electrons. The van der Waals surface area contributed by atoms with Crippen molar-refractivity contribution >= 4 is 22.6 Å². The van der Waals surface area contributed by atoms with E-state index in [0.717, 1.165) is 16.6 Å². The molecule has 0 spiro atoms. The van der Waals surface area contributed by atoms with E-state index in [4.69, 9.17) is 16.3 Å². The summed E-state index contributed by atoms with van der Waals surface area (Å²) in [6.07, 6.45) is 1.07. The average Bonchev–Trinajstić information content (AvgIpc) is 2.95. The molecule has 0 bridgehead atoms. The number of benzene rings is 2. The second-order valence-corrected chi connectivity index (χ2v) is 6.94. The van der Waals surface area contributed by atoms with Gasteiger partial charge in [-0.1, -0.05) is 23.7 Å². The van der Waals surface area contributed by atoms with Gasteiger partial charge in [0.05, 0.1) is 42.7 Å². The fraction of sp³-hybridized carbons (Fsp3) is 0.350.